The van der Waals surface area contributed by atoms with Crippen LogP contribution in [0.1, 0.15) is 50.2 Å². The van der Waals surface area contributed by atoms with E-state index >= 15 is 0 Å². The van der Waals surface area contributed by atoms with Crippen molar-refractivity contribution in [1.29, 1.82) is 0 Å². The summed E-state index contributed by atoms with van der Waals surface area (Å²) in [7, 11) is 0. The van der Waals surface area contributed by atoms with Crippen LogP contribution in [0.2, 0.25) is 0 Å². The molecule has 4 rings (SSSR count). The lowest BCUT2D eigenvalue weighted by Crippen LogP contribution is -2.24. The van der Waals surface area contributed by atoms with E-state index in [0.29, 0.717) is 29.2 Å². The molecule has 4 aromatic carbocycles. The van der Waals surface area contributed by atoms with Crippen molar-refractivity contribution in [2.75, 3.05) is 0 Å². The number of hydrogen-bond donors (Lipinski definition) is 0. The van der Waals surface area contributed by atoms with Gasteiger partial charge in [-0.15, -0.1) is 13.2 Å². The molecule has 0 bridgehead atoms. The van der Waals surface area contributed by atoms with Crippen LogP contribution in [0.3, 0.4) is 0 Å². The summed E-state index contributed by atoms with van der Waals surface area (Å²) in [4.78, 5) is 0. The fourth-order valence-corrected chi connectivity index (χ4v) is 4.58. The van der Waals surface area contributed by atoms with Gasteiger partial charge in [0.2, 0.25) is 5.75 Å². The van der Waals surface area contributed by atoms with Crippen LogP contribution in [0, 0.1) is 17.5 Å². The first-order valence-corrected chi connectivity index (χ1v) is 14.1. The average Bonchev–Trinajstić information content (AvgIpc) is 3.00. The van der Waals surface area contributed by atoms with E-state index in [0.717, 1.165) is 31.4 Å². The van der Waals surface area contributed by atoms with E-state index in [9.17, 15) is 43.9 Å². The van der Waals surface area contributed by atoms with Gasteiger partial charge in [0.25, 0.3) is 0 Å². The lowest BCUT2D eigenvalue weighted by molar-refractivity contribution is -0.276. The van der Waals surface area contributed by atoms with Crippen LogP contribution in [0.4, 0.5) is 43.9 Å². The number of halogens is 10. The van der Waals surface area contributed by atoms with E-state index in [1.165, 1.54) is 12.1 Å². The van der Waals surface area contributed by atoms with Crippen molar-refractivity contribution in [3.8, 4) is 33.8 Å². The third-order valence-corrected chi connectivity index (χ3v) is 6.90. The Labute approximate surface area is 257 Å². The molecule has 0 aromatic heterocycles. The summed E-state index contributed by atoms with van der Waals surface area (Å²) in [6.45, 7) is 2.02. The summed E-state index contributed by atoms with van der Waals surface area (Å²) in [5, 5.41) is 0. The van der Waals surface area contributed by atoms with Crippen LogP contribution < -0.4 is 9.47 Å². The van der Waals surface area contributed by atoms with Gasteiger partial charge in [0.15, 0.2) is 17.5 Å². The SMILES string of the molecule is CCCCCCC(F)=C(F)c1ccc(-c2ccc(-c3ccc(C(F)(F)Oc4cc(F)c(OC(F)(F)F)c(F)c4)c(F)c3)cc2)cc1. The highest BCUT2D eigenvalue weighted by molar-refractivity contribution is 5.72. The number of allylic oxidation sites excluding steroid dienone is 1. The molecule has 0 saturated carbocycles. The minimum atomic E-state index is -5.45. The van der Waals surface area contributed by atoms with Gasteiger partial charge in [0.05, 0.1) is 5.56 Å². The van der Waals surface area contributed by atoms with Crippen molar-refractivity contribution in [3.05, 3.63) is 113 Å². The predicted octanol–water partition coefficient (Wildman–Crippen LogP) is 12.0. The summed E-state index contributed by atoms with van der Waals surface area (Å²) >= 11 is 0. The molecule has 0 spiro atoms. The van der Waals surface area contributed by atoms with E-state index in [2.05, 4.69) is 9.47 Å². The highest BCUT2D eigenvalue weighted by Gasteiger charge is 2.39. The Bertz CT molecular complexity index is 1660. The van der Waals surface area contributed by atoms with Gasteiger partial charge in [-0.1, -0.05) is 80.8 Å². The molecule has 0 aliphatic rings. The molecule has 12 heteroatoms. The predicted molar refractivity (Wildman–Crippen MR) is 153 cm³/mol. The topological polar surface area (TPSA) is 18.5 Å². The molecule has 0 aliphatic heterocycles. The highest BCUT2D eigenvalue weighted by Crippen LogP contribution is 2.38. The Morgan fingerprint density at radius 1 is 0.609 bits per heavy atom. The van der Waals surface area contributed by atoms with Gasteiger partial charge in [-0.2, -0.15) is 8.78 Å². The third kappa shape index (κ3) is 8.61. The van der Waals surface area contributed by atoms with Crippen molar-refractivity contribution in [1.82, 2.24) is 0 Å². The Morgan fingerprint density at radius 3 is 1.65 bits per heavy atom. The average molecular weight is 657 g/mol. The Hall–Kier alpha value is -4.48. The van der Waals surface area contributed by atoms with Gasteiger partial charge >= 0.3 is 12.5 Å². The maximum absolute atomic E-state index is 14.8. The van der Waals surface area contributed by atoms with Crippen LogP contribution in [0.25, 0.3) is 28.1 Å². The molecule has 0 heterocycles. The molecular weight excluding hydrogens is 630 g/mol. The molecule has 0 unspecified atom stereocenters. The summed E-state index contributed by atoms with van der Waals surface area (Å²) in [6.07, 6.45) is -6.58. The normalized spacial score (nSPS) is 12.6. The van der Waals surface area contributed by atoms with E-state index in [-0.39, 0.29) is 29.7 Å². The molecular formula is C34H26F10O2. The first kappa shape index (κ1) is 34.4. The van der Waals surface area contributed by atoms with Crippen molar-refractivity contribution in [2.24, 2.45) is 0 Å². The van der Waals surface area contributed by atoms with E-state index in [1.54, 1.807) is 36.4 Å². The van der Waals surface area contributed by atoms with Crippen LogP contribution in [0.5, 0.6) is 11.5 Å². The molecule has 2 nitrogen and oxygen atoms in total. The van der Waals surface area contributed by atoms with Crippen LogP contribution in [-0.2, 0) is 6.11 Å². The quantitative estimate of drug-likeness (QED) is 0.112. The second-order valence-corrected chi connectivity index (χ2v) is 10.3. The fourth-order valence-electron chi connectivity index (χ4n) is 4.58. The second-order valence-electron chi connectivity index (χ2n) is 10.3. The van der Waals surface area contributed by atoms with Gasteiger partial charge in [-0.25, -0.2) is 22.0 Å². The number of alkyl halides is 5. The molecule has 46 heavy (non-hydrogen) atoms. The maximum Gasteiger partial charge on any atom is 0.573 e. The maximum atomic E-state index is 14.8. The zero-order chi connectivity index (χ0) is 33.6. The fraction of sp³-hybridized carbons (Fsp3) is 0.235. The van der Waals surface area contributed by atoms with Crippen molar-refractivity contribution in [3.63, 3.8) is 0 Å². The standard InChI is InChI=1S/C34H26F10O2/c1-2-3-4-5-6-27(35)31(39)23-13-11-21(12-14-23)20-7-9-22(10-8-20)24-15-16-26(28(36)17-24)33(40,41)45-25-18-29(37)32(30(38)19-25)46-34(42,43)44/h7-19H,2-6H2,1H3. The molecule has 0 atom stereocenters. The summed E-state index contributed by atoms with van der Waals surface area (Å²) in [5.74, 6) is -10.2. The molecule has 0 amide bonds. The summed E-state index contributed by atoms with van der Waals surface area (Å²) < 4.78 is 145. The Morgan fingerprint density at radius 2 is 1.13 bits per heavy atom. The monoisotopic (exact) mass is 656 g/mol. The first-order valence-electron chi connectivity index (χ1n) is 14.1. The Balaban J connectivity index is 1.46. The van der Waals surface area contributed by atoms with Crippen molar-refractivity contribution >= 4 is 5.83 Å². The molecule has 0 fully saturated rings. The minimum absolute atomic E-state index is 0.0270. The second kappa shape index (κ2) is 14.3. The molecule has 0 saturated heterocycles. The number of ether oxygens (including phenoxy) is 2. The first-order chi connectivity index (χ1) is 21.7. The van der Waals surface area contributed by atoms with Crippen molar-refractivity contribution in [2.45, 2.75) is 51.5 Å². The molecule has 0 N–H and O–H groups in total. The third-order valence-electron chi connectivity index (χ3n) is 6.90. The zero-order valence-electron chi connectivity index (χ0n) is 24.1. The van der Waals surface area contributed by atoms with Crippen LogP contribution in [-0.4, -0.2) is 6.36 Å². The van der Waals surface area contributed by atoms with E-state index in [1.807, 2.05) is 6.92 Å². The van der Waals surface area contributed by atoms with Crippen molar-refractivity contribution < 1.29 is 53.4 Å². The minimum Gasteiger partial charge on any atom is -0.429 e. The van der Waals surface area contributed by atoms with Crippen LogP contribution in [0.15, 0.2) is 84.7 Å². The largest absolute Gasteiger partial charge is 0.573 e. The number of unbranched alkanes of at least 4 members (excludes halogenated alkanes) is 3. The summed E-state index contributed by atoms with van der Waals surface area (Å²) in [5.41, 5.74) is 0.777. The van der Waals surface area contributed by atoms with Crippen LogP contribution >= 0.6 is 0 Å². The zero-order valence-corrected chi connectivity index (χ0v) is 24.1. The number of benzene rings is 4. The smallest absolute Gasteiger partial charge is 0.429 e. The lowest BCUT2D eigenvalue weighted by Gasteiger charge is -2.20. The molecule has 0 radical (unpaired) electrons. The van der Waals surface area contributed by atoms with Gasteiger partial charge in [-0.05, 0) is 40.8 Å². The summed E-state index contributed by atoms with van der Waals surface area (Å²) in [6, 6.07) is 15.3. The molecule has 244 valence electrons. The molecule has 4 aromatic rings. The molecule has 0 aliphatic carbocycles. The number of hydrogen-bond acceptors (Lipinski definition) is 2. The Kier molecular flexibility index (Phi) is 10.7. The highest BCUT2D eigenvalue weighted by atomic mass is 19.4. The van der Waals surface area contributed by atoms with E-state index < -0.39 is 58.6 Å². The lowest BCUT2D eigenvalue weighted by atomic mass is 9.98. The van der Waals surface area contributed by atoms with Gasteiger partial charge < -0.3 is 9.47 Å². The van der Waals surface area contributed by atoms with Gasteiger partial charge in [0, 0.05) is 24.1 Å². The van der Waals surface area contributed by atoms with Gasteiger partial charge in [-0.3, -0.25) is 0 Å². The van der Waals surface area contributed by atoms with E-state index in [4.69, 9.17) is 0 Å². The number of rotatable bonds is 12. The van der Waals surface area contributed by atoms with Gasteiger partial charge in [0.1, 0.15) is 17.4 Å².